The van der Waals surface area contributed by atoms with Crippen molar-refractivity contribution in [3.8, 4) is 17.0 Å². The van der Waals surface area contributed by atoms with Crippen LogP contribution in [0.5, 0.6) is 5.75 Å². The van der Waals surface area contributed by atoms with Crippen molar-refractivity contribution in [2.24, 2.45) is 0 Å². The first-order chi connectivity index (χ1) is 11.7. The highest BCUT2D eigenvalue weighted by atomic mass is 32.1. The maximum Gasteiger partial charge on any atom is 0.225 e. The van der Waals surface area contributed by atoms with Gasteiger partial charge in [-0.05, 0) is 36.4 Å². The standard InChI is InChI=1S/C18H17N3O2S/c1-23-14-7-5-13(6-8-14)15-12-24-18(20-15)10-9-17(22)21-16-4-2-3-11-19-16/h2-8,11-12H,9-10H2,1H3,(H,19,21,22). The molecule has 0 spiro atoms. The van der Waals surface area contributed by atoms with Crippen LogP contribution >= 0.6 is 11.3 Å². The number of pyridine rings is 1. The Labute approximate surface area is 144 Å². The van der Waals surface area contributed by atoms with Gasteiger partial charge in [0.15, 0.2) is 0 Å². The number of carbonyl (C=O) groups excluding carboxylic acids is 1. The number of hydrogen-bond donors (Lipinski definition) is 1. The zero-order valence-electron chi connectivity index (χ0n) is 13.2. The van der Waals surface area contributed by atoms with Gasteiger partial charge in [0.2, 0.25) is 5.91 Å². The number of benzene rings is 1. The normalized spacial score (nSPS) is 10.4. The highest BCUT2D eigenvalue weighted by Crippen LogP contribution is 2.24. The number of ether oxygens (including phenoxy) is 1. The number of carbonyl (C=O) groups is 1. The second-order valence-corrected chi connectivity index (χ2v) is 6.06. The molecule has 0 unspecified atom stereocenters. The highest BCUT2D eigenvalue weighted by molar-refractivity contribution is 7.09. The van der Waals surface area contributed by atoms with Gasteiger partial charge in [-0.15, -0.1) is 11.3 Å². The van der Waals surface area contributed by atoms with E-state index in [0.29, 0.717) is 18.7 Å². The molecule has 6 heteroatoms. The quantitative estimate of drug-likeness (QED) is 0.742. The van der Waals surface area contributed by atoms with E-state index in [1.165, 1.54) is 0 Å². The average molecular weight is 339 g/mol. The minimum atomic E-state index is -0.0603. The van der Waals surface area contributed by atoms with E-state index in [1.54, 1.807) is 30.7 Å². The summed E-state index contributed by atoms with van der Waals surface area (Å²) in [5, 5.41) is 5.73. The van der Waals surface area contributed by atoms with E-state index in [1.807, 2.05) is 41.8 Å². The number of nitrogens with zero attached hydrogens (tertiary/aromatic N) is 2. The molecule has 0 saturated heterocycles. The van der Waals surface area contributed by atoms with Gasteiger partial charge < -0.3 is 10.1 Å². The number of thiazole rings is 1. The lowest BCUT2D eigenvalue weighted by Crippen LogP contribution is -2.13. The van der Waals surface area contributed by atoms with E-state index in [4.69, 9.17) is 4.74 Å². The summed E-state index contributed by atoms with van der Waals surface area (Å²) in [6.45, 7) is 0. The zero-order valence-corrected chi connectivity index (χ0v) is 14.0. The Balaban J connectivity index is 1.56. The van der Waals surface area contributed by atoms with E-state index < -0.39 is 0 Å². The minimum absolute atomic E-state index is 0.0603. The summed E-state index contributed by atoms with van der Waals surface area (Å²) in [6.07, 6.45) is 2.64. The van der Waals surface area contributed by atoms with Crippen molar-refractivity contribution >= 4 is 23.1 Å². The van der Waals surface area contributed by atoms with Gasteiger partial charge in [-0.2, -0.15) is 0 Å². The molecule has 1 aromatic carbocycles. The Bertz CT molecular complexity index is 801. The summed E-state index contributed by atoms with van der Waals surface area (Å²) < 4.78 is 5.16. The lowest BCUT2D eigenvalue weighted by molar-refractivity contribution is -0.116. The first kappa shape index (κ1) is 16.1. The number of methoxy groups -OCH3 is 1. The third-order valence-electron chi connectivity index (χ3n) is 3.44. The Morgan fingerprint density at radius 3 is 2.75 bits per heavy atom. The number of aryl methyl sites for hydroxylation is 1. The van der Waals surface area contributed by atoms with E-state index in [2.05, 4.69) is 15.3 Å². The van der Waals surface area contributed by atoms with Crippen LogP contribution < -0.4 is 10.1 Å². The molecule has 0 fully saturated rings. The summed E-state index contributed by atoms with van der Waals surface area (Å²) in [5.41, 5.74) is 1.96. The van der Waals surface area contributed by atoms with Gasteiger partial charge in [0.25, 0.3) is 0 Å². The van der Waals surface area contributed by atoms with Gasteiger partial charge in [-0.3, -0.25) is 4.79 Å². The predicted octanol–water partition coefficient (Wildman–Crippen LogP) is 3.79. The molecular formula is C18H17N3O2S. The van der Waals surface area contributed by atoms with Crippen LogP contribution in [0.15, 0.2) is 54.0 Å². The van der Waals surface area contributed by atoms with Gasteiger partial charge in [0, 0.05) is 30.0 Å². The van der Waals surface area contributed by atoms with Gasteiger partial charge in [-0.1, -0.05) is 6.07 Å². The fourth-order valence-corrected chi connectivity index (χ4v) is 2.99. The van der Waals surface area contributed by atoms with Crippen molar-refractivity contribution in [3.63, 3.8) is 0 Å². The van der Waals surface area contributed by atoms with Crippen molar-refractivity contribution in [2.45, 2.75) is 12.8 Å². The Morgan fingerprint density at radius 2 is 2.04 bits per heavy atom. The monoisotopic (exact) mass is 339 g/mol. The average Bonchev–Trinajstić information content (AvgIpc) is 3.10. The molecule has 0 bridgehead atoms. The molecule has 3 aromatic rings. The number of nitrogens with one attached hydrogen (secondary N) is 1. The molecule has 0 aliphatic heterocycles. The molecule has 5 nitrogen and oxygen atoms in total. The fourth-order valence-electron chi connectivity index (χ4n) is 2.18. The molecule has 3 rings (SSSR count). The van der Waals surface area contributed by atoms with Crippen molar-refractivity contribution < 1.29 is 9.53 Å². The molecule has 0 aliphatic rings. The Kier molecular flexibility index (Phi) is 5.18. The lowest BCUT2D eigenvalue weighted by atomic mass is 10.2. The van der Waals surface area contributed by atoms with Gasteiger partial charge in [0.1, 0.15) is 11.6 Å². The second-order valence-electron chi connectivity index (χ2n) is 5.12. The highest BCUT2D eigenvalue weighted by Gasteiger charge is 2.08. The van der Waals surface area contributed by atoms with Crippen molar-refractivity contribution in [3.05, 3.63) is 59.0 Å². The largest absolute Gasteiger partial charge is 0.497 e. The molecule has 2 heterocycles. The van der Waals surface area contributed by atoms with Crippen LogP contribution in [0.4, 0.5) is 5.82 Å². The van der Waals surface area contributed by atoms with Crippen molar-refractivity contribution in [1.82, 2.24) is 9.97 Å². The number of hydrogen-bond acceptors (Lipinski definition) is 5. The second kappa shape index (κ2) is 7.70. The topological polar surface area (TPSA) is 64.1 Å². The molecular weight excluding hydrogens is 322 g/mol. The van der Waals surface area contributed by atoms with Crippen LogP contribution in [0.2, 0.25) is 0 Å². The van der Waals surface area contributed by atoms with E-state index in [0.717, 1.165) is 22.0 Å². The fraction of sp³-hybridized carbons (Fsp3) is 0.167. The molecule has 0 radical (unpaired) electrons. The van der Waals surface area contributed by atoms with E-state index in [-0.39, 0.29) is 5.91 Å². The summed E-state index contributed by atoms with van der Waals surface area (Å²) >= 11 is 1.56. The Hall–Kier alpha value is -2.73. The maximum atomic E-state index is 11.9. The van der Waals surface area contributed by atoms with E-state index >= 15 is 0 Å². The number of anilines is 1. The number of amides is 1. The van der Waals surface area contributed by atoms with Crippen LogP contribution in [0.1, 0.15) is 11.4 Å². The zero-order chi connectivity index (χ0) is 16.8. The van der Waals surface area contributed by atoms with Crippen LogP contribution in [0, 0.1) is 0 Å². The molecule has 24 heavy (non-hydrogen) atoms. The molecule has 0 atom stereocenters. The third-order valence-corrected chi connectivity index (χ3v) is 4.34. The first-order valence-corrected chi connectivity index (χ1v) is 8.42. The summed E-state index contributed by atoms with van der Waals surface area (Å²) in [7, 11) is 1.64. The molecule has 1 amide bonds. The van der Waals surface area contributed by atoms with Crippen LogP contribution in [0.3, 0.4) is 0 Å². The Morgan fingerprint density at radius 1 is 1.21 bits per heavy atom. The van der Waals surface area contributed by atoms with Gasteiger partial charge >= 0.3 is 0 Å². The summed E-state index contributed by atoms with van der Waals surface area (Å²) in [6, 6.07) is 13.2. The first-order valence-electron chi connectivity index (χ1n) is 7.54. The minimum Gasteiger partial charge on any atom is -0.497 e. The van der Waals surface area contributed by atoms with Gasteiger partial charge in [0.05, 0.1) is 17.8 Å². The number of aromatic nitrogens is 2. The third kappa shape index (κ3) is 4.17. The van der Waals surface area contributed by atoms with E-state index in [9.17, 15) is 4.79 Å². The van der Waals surface area contributed by atoms with Crippen molar-refractivity contribution in [2.75, 3.05) is 12.4 Å². The molecule has 0 saturated carbocycles. The maximum absolute atomic E-state index is 11.9. The predicted molar refractivity (Wildman–Crippen MR) is 95.3 cm³/mol. The molecule has 1 N–H and O–H groups in total. The summed E-state index contributed by atoms with van der Waals surface area (Å²) in [4.78, 5) is 20.6. The molecule has 0 aliphatic carbocycles. The summed E-state index contributed by atoms with van der Waals surface area (Å²) in [5.74, 6) is 1.33. The molecule has 122 valence electrons. The van der Waals surface area contributed by atoms with Crippen LogP contribution in [0.25, 0.3) is 11.3 Å². The molecule has 2 aromatic heterocycles. The SMILES string of the molecule is COc1ccc(-c2csc(CCC(=O)Nc3ccccn3)n2)cc1. The smallest absolute Gasteiger partial charge is 0.225 e. The van der Waals surface area contributed by atoms with Crippen LogP contribution in [-0.2, 0) is 11.2 Å². The lowest BCUT2D eigenvalue weighted by Gasteiger charge is -2.02. The van der Waals surface area contributed by atoms with Crippen LogP contribution in [-0.4, -0.2) is 23.0 Å². The number of rotatable bonds is 6. The van der Waals surface area contributed by atoms with Gasteiger partial charge in [-0.25, -0.2) is 9.97 Å². The van der Waals surface area contributed by atoms with Crippen molar-refractivity contribution in [1.29, 1.82) is 0 Å².